The fourth-order valence-electron chi connectivity index (χ4n) is 7.67. The first kappa shape index (κ1) is 36.2. The zero-order chi connectivity index (χ0) is 33.6. The largest absolute Gasteiger partial charge is 0.488 e. The summed E-state index contributed by atoms with van der Waals surface area (Å²) in [5.41, 5.74) is -1.54. The molecule has 0 aliphatic carbocycles. The van der Waals surface area contributed by atoms with Gasteiger partial charge in [0.1, 0.15) is 29.7 Å². The predicted octanol–water partition coefficient (Wildman–Crippen LogP) is 2.62. The third-order valence-electron chi connectivity index (χ3n) is 10.4. The Kier molecular flexibility index (Phi) is 11.1. The van der Waals surface area contributed by atoms with Gasteiger partial charge in [-0.05, 0) is 68.4 Å². The number of carbonyl (C=O) groups excluding carboxylic acids is 2. The van der Waals surface area contributed by atoms with Crippen molar-refractivity contribution in [3.8, 4) is 0 Å². The minimum Gasteiger partial charge on any atom is -0.488 e. The molecule has 4 aliphatic heterocycles. The second-order valence-electron chi connectivity index (χ2n) is 14.1. The summed E-state index contributed by atoms with van der Waals surface area (Å²) < 4.78 is 43.8. The molecular weight excluding hydrogens is 586 g/mol. The molecule has 4 heterocycles. The maximum absolute atomic E-state index is 13.7. The zero-order valence-corrected chi connectivity index (χ0v) is 28.7. The molecule has 258 valence electrons. The molecule has 0 aromatic heterocycles. The number of ether oxygens (including phenoxy) is 7. The Hall–Kier alpha value is -1.64. The van der Waals surface area contributed by atoms with E-state index in [9.17, 15) is 19.8 Å². The molecule has 4 aliphatic rings. The van der Waals surface area contributed by atoms with Crippen LogP contribution in [0.25, 0.3) is 0 Å². The lowest BCUT2D eigenvalue weighted by molar-refractivity contribution is -0.314. The molecule has 0 aromatic carbocycles. The highest BCUT2D eigenvalue weighted by atomic mass is 16.7. The van der Waals surface area contributed by atoms with Crippen LogP contribution >= 0.6 is 0 Å². The number of aliphatic hydroxyl groups excluding tert-OH is 2. The Morgan fingerprint density at radius 1 is 0.978 bits per heavy atom. The molecule has 0 spiro atoms. The first-order valence-corrected chi connectivity index (χ1v) is 16.3. The number of likely N-dealkylation sites (N-methyl/N-ethyl adjacent to an activating group) is 1. The SMILES string of the molecule is CNC1CC(C)OC(OC2C(C)C(OC3CC(C)(OC)C(O)C(C)O3)C(C)C(=O)OC(C)C(=O)C(C)=C3OC2(C)CC3C)C1O. The van der Waals surface area contributed by atoms with Gasteiger partial charge in [0, 0.05) is 37.0 Å². The first-order chi connectivity index (χ1) is 21.0. The Morgan fingerprint density at radius 3 is 2.27 bits per heavy atom. The minimum absolute atomic E-state index is 0.134. The smallest absolute Gasteiger partial charge is 0.312 e. The molecule has 12 nitrogen and oxygen atoms in total. The zero-order valence-electron chi connectivity index (χ0n) is 28.7. The lowest BCUT2D eigenvalue weighted by Crippen LogP contribution is -2.60. The summed E-state index contributed by atoms with van der Waals surface area (Å²) >= 11 is 0. The molecule has 0 amide bonds. The number of carbonyl (C=O) groups is 2. The number of hydrogen-bond acceptors (Lipinski definition) is 12. The van der Waals surface area contributed by atoms with Gasteiger partial charge < -0.3 is 48.7 Å². The van der Waals surface area contributed by atoms with Crippen LogP contribution in [-0.4, -0.2) is 109 Å². The monoisotopic (exact) mass is 641 g/mol. The van der Waals surface area contributed by atoms with Crippen molar-refractivity contribution in [2.75, 3.05) is 14.2 Å². The van der Waals surface area contributed by atoms with Crippen LogP contribution in [0.3, 0.4) is 0 Å². The van der Waals surface area contributed by atoms with Crippen LogP contribution in [0.5, 0.6) is 0 Å². The Balaban J connectivity index is 1.79. The van der Waals surface area contributed by atoms with Crippen LogP contribution in [0.15, 0.2) is 11.3 Å². The van der Waals surface area contributed by atoms with Crippen molar-refractivity contribution in [3.05, 3.63) is 11.3 Å². The normalized spacial score (nSPS) is 48.3. The summed E-state index contributed by atoms with van der Waals surface area (Å²) in [7, 11) is 3.32. The maximum Gasteiger partial charge on any atom is 0.312 e. The number of cyclic esters (lactones) is 1. The predicted molar refractivity (Wildman–Crippen MR) is 163 cm³/mol. The summed E-state index contributed by atoms with van der Waals surface area (Å²) in [6.07, 6.45) is -5.88. The Bertz CT molecular complexity index is 1120. The van der Waals surface area contributed by atoms with Crippen LogP contribution in [-0.2, 0) is 42.7 Å². The van der Waals surface area contributed by atoms with Crippen molar-refractivity contribution in [2.45, 2.75) is 154 Å². The molecule has 0 saturated carbocycles. The molecule has 4 rings (SSSR count). The lowest BCUT2D eigenvalue weighted by Gasteiger charge is -2.48. The van der Waals surface area contributed by atoms with Gasteiger partial charge in [-0.1, -0.05) is 13.8 Å². The molecule has 12 heteroatoms. The van der Waals surface area contributed by atoms with Crippen molar-refractivity contribution < 1.29 is 53.0 Å². The number of ketones is 1. The number of allylic oxidation sites excluding steroid dienone is 1. The summed E-state index contributed by atoms with van der Waals surface area (Å²) in [5, 5.41) is 25.2. The van der Waals surface area contributed by atoms with Crippen molar-refractivity contribution in [2.24, 2.45) is 17.8 Å². The van der Waals surface area contributed by atoms with E-state index < -0.39 is 78.2 Å². The topological polar surface area (TPSA) is 151 Å². The minimum atomic E-state index is -1.03. The molecule has 0 radical (unpaired) electrons. The van der Waals surface area contributed by atoms with E-state index in [-0.39, 0.29) is 30.3 Å². The van der Waals surface area contributed by atoms with Crippen molar-refractivity contribution >= 4 is 11.8 Å². The molecule has 0 aromatic rings. The number of hydrogen-bond donors (Lipinski definition) is 3. The van der Waals surface area contributed by atoms with E-state index in [0.717, 1.165) is 0 Å². The fourth-order valence-corrected chi connectivity index (χ4v) is 7.67. The standard InChI is InChI=1S/C33H55NO11/c1-15-13-33(9)29(44-31-25(36)22(34-10)12-16(2)40-31)18(4)27(43-23-14-32(8,39-11)28(37)21(7)41-23)19(5)30(38)42-20(6)24(35)17(3)26(15)45-33/h15-16,18-23,25,27-29,31,34,36-37H,12-14H2,1-11H3. The van der Waals surface area contributed by atoms with E-state index in [4.69, 9.17) is 33.2 Å². The quantitative estimate of drug-likeness (QED) is 0.366. The highest BCUT2D eigenvalue weighted by molar-refractivity contribution is 5.99. The average Bonchev–Trinajstić information content (AvgIpc) is 3.30. The van der Waals surface area contributed by atoms with Crippen molar-refractivity contribution in [1.29, 1.82) is 0 Å². The van der Waals surface area contributed by atoms with Gasteiger partial charge >= 0.3 is 5.97 Å². The number of aliphatic hydroxyl groups is 2. The number of fused-ring (bicyclic) bond motifs is 2. The van der Waals surface area contributed by atoms with E-state index in [2.05, 4.69) is 5.32 Å². The molecule has 15 unspecified atom stereocenters. The van der Waals surface area contributed by atoms with E-state index in [0.29, 0.717) is 24.2 Å². The van der Waals surface area contributed by atoms with Gasteiger partial charge in [-0.3, -0.25) is 9.59 Å². The van der Waals surface area contributed by atoms with Gasteiger partial charge in [0.25, 0.3) is 0 Å². The van der Waals surface area contributed by atoms with Gasteiger partial charge in [-0.15, -0.1) is 0 Å². The molecule has 3 saturated heterocycles. The molecule has 2 bridgehead atoms. The lowest BCUT2D eigenvalue weighted by atomic mass is 9.79. The van der Waals surface area contributed by atoms with E-state index in [1.807, 2.05) is 27.7 Å². The fraction of sp³-hybridized carbons (Fsp3) is 0.879. The summed E-state index contributed by atoms with van der Waals surface area (Å²) in [6.45, 7) is 16.2. The number of nitrogens with one attached hydrogen (secondary N) is 1. The third kappa shape index (κ3) is 7.13. The number of rotatable bonds is 6. The first-order valence-electron chi connectivity index (χ1n) is 16.3. The van der Waals surface area contributed by atoms with Crippen molar-refractivity contribution in [1.82, 2.24) is 5.32 Å². The maximum atomic E-state index is 13.7. The van der Waals surface area contributed by atoms with Crippen molar-refractivity contribution in [3.63, 3.8) is 0 Å². The Labute approximate surface area is 267 Å². The summed E-state index contributed by atoms with van der Waals surface area (Å²) in [4.78, 5) is 27.1. The second-order valence-corrected chi connectivity index (χ2v) is 14.1. The van der Waals surface area contributed by atoms with Crippen LogP contribution in [0.2, 0.25) is 0 Å². The van der Waals surface area contributed by atoms with Gasteiger partial charge in [-0.2, -0.15) is 0 Å². The number of methoxy groups -OCH3 is 1. The molecule has 3 N–H and O–H groups in total. The van der Waals surface area contributed by atoms with E-state index >= 15 is 0 Å². The van der Waals surface area contributed by atoms with Gasteiger partial charge in [-0.25, -0.2) is 0 Å². The van der Waals surface area contributed by atoms with Gasteiger partial charge in [0.2, 0.25) is 5.78 Å². The number of Topliss-reactive ketones (excluding diaryl/α,β-unsaturated/α-hetero) is 1. The van der Waals surface area contributed by atoms with Crippen LogP contribution in [0.4, 0.5) is 0 Å². The molecule has 15 atom stereocenters. The van der Waals surface area contributed by atoms with Crippen LogP contribution in [0.1, 0.15) is 81.6 Å². The number of esters is 1. The molecular formula is C33H55NO11. The molecule has 45 heavy (non-hydrogen) atoms. The van der Waals surface area contributed by atoms with Crippen LogP contribution < -0.4 is 5.32 Å². The highest BCUT2D eigenvalue weighted by Crippen LogP contribution is 2.47. The molecule has 3 fully saturated rings. The van der Waals surface area contributed by atoms with Gasteiger partial charge in [0.05, 0.1) is 29.8 Å². The average molecular weight is 642 g/mol. The van der Waals surface area contributed by atoms with Crippen LogP contribution in [0, 0.1) is 17.8 Å². The Morgan fingerprint density at radius 2 is 1.64 bits per heavy atom. The van der Waals surface area contributed by atoms with E-state index in [1.165, 1.54) is 7.11 Å². The van der Waals surface area contributed by atoms with Gasteiger partial charge in [0.15, 0.2) is 18.7 Å². The van der Waals surface area contributed by atoms with E-state index in [1.54, 1.807) is 41.7 Å². The second kappa shape index (κ2) is 13.8. The highest BCUT2D eigenvalue weighted by Gasteiger charge is 2.55. The third-order valence-corrected chi connectivity index (χ3v) is 10.4. The summed E-state index contributed by atoms with van der Waals surface area (Å²) in [5.74, 6) is -1.96. The summed E-state index contributed by atoms with van der Waals surface area (Å²) in [6, 6.07) is -0.260.